The van der Waals surface area contributed by atoms with Gasteiger partial charge in [0, 0.05) is 11.8 Å². The quantitative estimate of drug-likeness (QED) is 0.857. The molecular formula is C16H22O3. The Balaban J connectivity index is 2.08. The fraction of sp³-hybridized carbons (Fsp3) is 0.562. The van der Waals surface area contributed by atoms with E-state index in [0.717, 1.165) is 6.42 Å². The Kier molecular flexibility index (Phi) is 4.25. The molecule has 1 heterocycles. The lowest BCUT2D eigenvalue weighted by atomic mass is 9.74. The van der Waals surface area contributed by atoms with Crippen LogP contribution in [0, 0.1) is 5.92 Å². The van der Waals surface area contributed by atoms with Crippen molar-refractivity contribution in [2.45, 2.75) is 38.5 Å². The molecule has 1 saturated heterocycles. The summed E-state index contributed by atoms with van der Waals surface area (Å²) in [6, 6.07) is 8.61. The number of aliphatic carboxylic acids is 1. The van der Waals surface area contributed by atoms with E-state index < -0.39 is 5.97 Å². The first-order chi connectivity index (χ1) is 9.02. The van der Waals surface area contributed by atoms with Gasteiger partial charge in [0.1, 0.15) is 0 Å². The lowest BCUT2D eigenvalue weighted by Crippen LogP contribution is -2.47. The van der Waals surface area contributed by atoms with Crippen LogP contribution in [0.4, 0.5) is 0 Å². The number of rotatable bonds is 6. The summed E-state index contributed by atoms with van der Waals surface area (Å²) < 4.78 is 5.33. The molecule has 0 aromatic heterocycles. The Morgan fingerprint density at radius 2 is 1.95 bits per heavy atom. The highest BCUT2D eigenvalue weighted by Gasteiger charge is 2.40. The Morgan fingerprint density at radius 3 is 2.37 bits per heavy atom. The van der Waals surface area contributed by atoms with E-state index in [-0.39, 0.29) is 11.8 Å². The van der Waals surface area contributed by atoms with E-state index in [1.165, 1.54) is 11.1 Å². The average molecular weight is 262 g/mol. The molecule has 1 fully saturated rings. The van der Waals surface area contributed by atoms with Crippen LogP contribution in [0.5, 0.6) is 0 Å². The SMILES string of the molecule is CC(C)Cc1ccc(C2(CCC(=O)O)COC2)cc1. The van der Waals surface area contributed by atoms with Crippen LogP contribution >= 0.6 is 0 Å². The van der Waals surface area contributed by atoms with Crippen LogP contribution in [-0.2, 0) is 21.4 Å². The third kappa shape index (κ3) is 3.35. The summed E-state index contributed by atoms with van der Waals surface area (Å²) >= 11 is 0. The topological polar surface area (TPSA) is 46.5 Å². The van der Waals surface area contributed by atoms with Crippen molar-refractivity contribution in [3.8, 4) is 0 Å². The van der Waals surface area contributed by atoms with Crippen molar-refractivity contribution in [2.24, 2.45) is 5.92 Å². The number of hydrogen-bond acceptors (Lipinski definition) is 2. The predicted octanol–water partition coefficient (Wildman–Crippen LogP) is 3.02. The molecule has 2 rings (SSSR count). The summed E-state index contributed by atoms with van der Waals surface area (Å²) in [5.74, 6) is -0.0819. The minimum Gasteiger partial charge on any atom is -0.481 e. The highest BCUT2D eigenvalue weighted by atomic mass is 16.5. The molecular weight excluding hydrogens is 240 g/mol. The molecule has 1 aromatic rings. The van der Waals surface area contributed by atoms with Crippen molar-refractivity contribution in [1.29, 1.82) is 0 Å². The van der Waals surface area contributed by atoms with Gasteiger partial charge in [-0.1, -0.05) is 38.1 Å². The lowest BCUT2D eigenvalue weighted by molar-refractivity contribution is -0.139. The molecule has 0 aliphatic carbocycles. The van der Waals surface area contributed by atoms with E-state index in [9.17, 15) is 4.79 Å². The lowest BCUT2D eigenvalue weighted by Gasteiger charge is -2.42. The highest BCUT2D eigenvalue weighted by Crippen LogP contribution is 2.37. The third-order valence-electron chi connectivity index (χ3n) is 3.78. The Labute approximate surface area is 114 Å². The maximum atomic E-state index is 10.8. The van der Waals surface area contributed by atoms with Gasteiger partial charge in [-0.05, 0) is 29.9 Å². The number of benzene rings is 1. The zero-order valence-corrected chi connectivity index (χ0v) is 11.7. The van der Waals surface area contributed by atoms with Gasteiger partial charge in [-0.3, -0.25) is 4.79 Å². The van der Waals surface area contributed by atoms with Gasteiger partial charge in [-0.25, -0.2) is 0 Å². The number of ether oxygens (including phenoxy) is 1. The molecule has 1 aromatic carbocycles. The minimum absolute atomic E-state index is 0.0747. The number of carboxylic acids is 1. The fourth-order valence-electron chi connectivity index (χ4n) is 2.62. The first-order valence-electron chi connectivity index (χ1n) is 6.91. The zero-order chi connectivity index (χ0) is 13.9. The van der Waals surface area contributed by atoms with E-state index >= 15 is 0 Å². The predicted molar refractivity (Wildman–Crippen MR) is 74.4 cm³/mol. The second-order valence-electron chi connectivity index (χ2n) is 5.96. The molecule has 0 spiro atoms. The smallest absolute Gasteiger partial charge is 0.303 e. The Bertz CT molecular complexity index is 430. The summed E-state index contributed by atoms with van der Waals surface area (Å²) in [6.07, 6.45) is 1.95. The van der Waals surface area contributed by atoms with Gasteiger partial charge in [-0.2, -0.15) is 0 Å². The van der Waals surface area contributed by atoms with Crippen LogP contribution in [0.2, 0.25) is 0 Å². The van der Waals surface area contributed by atoms with E-state index in [1.807, 2.05) is 0 Å². The van der Waals surface area contributed by atoms with E-state index in [0.29, 0.717) is 25.6 Å². The highest BCUT2D eigenvalue weighted by molar-refractivity contribution is 5.67. The van der Waals surface area contributed by atoms with Gasteiger partial charge in [-0.15, -0.1) is 0 Å². The van der Waals surface area contributed by atoms with Crippen LogP contribution in [-0.4, -0.2) is 24.3 Å². The Hall–Kier alpha value is -1.35. The van der Waals surface area contributed by atoms with Crippen molar-refractivity contribution >= 4 is 5.97 Å². The van der Waals surface area contributed by atoms with Gasteiger partial charge in [0.15, 0.2) is 0 Å². The fourth-order valence-corrected chi connectivity index (χ4v) is 2.62. The van der Waals surface area contributed by atoms with Crippen LogP contribution < -0.4 is 0 Å². The molecule has 0 radical (unpaired) electrons. The molecule has 1 aliphatic rings. The van der Waals surface area contributed by atoms with Gasteiger partial charge in [0.05, 0.1) is 13.2 Å². The average Bonchev–Trinajstić information content (AvgIpc) is 2.28. The van der Waals surface area contributed by atoms with Crippen LogP contribution in [0.1, 0.15) is 37.8 Å². The molecule has 19 heavy (non-hydrogen) atoms. The van der Waals surface area contributed by atoms with Crippen molar-refractivity contribution in [1.82, 2.24) is 0 Å². The largest absolute Gasteiger partial charge is 0.481 e. The molecule has 1 N–H and O–H groups in total. The Morgan fingerprint density at radius 1 is 1.32 bits per heavy atom. The van der Waals surface area contributed by atoms with Gasteiger partial charge in [0.25, 0.3) is 0 Å². The van der Waals surface area contributed by atoms with E-state index in [2.05, 4.69) is 38.1 Å². The molecule has 0 bridgehead atoms. The maximum Gasteiger partial charge on any atom is 0.303 e. The molecule has 3 heteroatoms. The first-order valence-corrected chi connectivity index (χ1v) is 6.91. The van der Waals surface area contributed by atoms with Crippen LogP contribution in [0.15, 0.2) is 24.3 Å². The second kappa shape index (κ2) is 5.74. The maximum absolute atomic E-state index is 10.8. The van der Waals surface area contributed by atoms with Gasteiger partial charge in [0.2, 0.25) is 0 Å². The molecule has 0 atom stereocenters. The standard InChI is InChI=1S/C16H22O3/c1-12(2)9-13-3-5-14(6-4-13)16(10-19-11-16)8-7-15(17)18/h3-6,12H,7-11H2,1-2H3,(H,17,18). The summed E-state index contributed by atoms with van der Waals surface area (Å²) in [7, 11) is 0. The third-order valence-corrected chi connectivity index (χ3v) is 3.78. The van der Waals surface area contributed by atoms with E-state index in [4.69, 9.17) is 9.84 Å². The summed E-state index contributed by atoms with van der Waals surface area (Å²) in [5, 5.41) is 8.85. The van der Waals surface area contributed by atoms with Crippen molar-refractivity contribution < 1.29 is 14.6 Å². The summed E-state index contributed by atoms with van der Waals surface area (Å²) in [6.45, 7) is 5.71. The molecule has 3 nitrogen and oxygen atoms in total. The second-order valence-corrected chi connectivity index (χ2v) is 5.96. The number of carbonyl (C=O) groups is 1. The minimum atomic E-state index is -0.734. The van der Waals surface area contributed by atoms with Crippen molar-refractivity contribution in [3.05, 3.63) is 35.4 Å². The monoisotopic (exact) mass is 262 g/mol. The van der Waals surface area contributed by atoms with Crippen LogP contribution in [0.25, 0.3) is 0 Å². The summed E-state index contributed by atoms with van der Waals surface area (Å²) in [5.41, 5.74) is 2.48. The normalized spacial score (nSPS) is 17.2. The molecule has 104 valence electrons. The molecule has 0 unspecified atom stereocenters. The van der Waals surface area contributed by atoms with Crippen molar-refractivity contribution in [3.63, 3.8) is 0 Å². The molecule has 0 saturated carbocycles. The zero-order valence-electron chi connectivity index (χ0n) is 11.7. The molecule has 0 amide bonds. The first kappa shape index (κ1) is 14.1. The van der Waals surface area contributed by atoms with E-state index in [1.54, 1.807) is 0 Å². The number of hydrogen-bond donors (Lipinski definition) is 1. The van der Waals surface area contributed by atoms with Gasteiger partial charge >= 0.3 is 5.97 Å². The van der Waals surface area contributed by atoms with Crippen molar-refractivity contribution in [2.75, 3.05) is 13.2 Å². The number of carboxylic acid groups (broad SMARTS) is 1. The summed E-state index contributed by atoms with van der Waals surface area (Å²) in [4.78, 5) is 10.8. The molecule has 1 aliphatic heterocycles. The van der Waals surface area contributed by atoms with Crippen LogP contribution in [0.3, 0.4) is 0 Å². The van der Waals surface area contributed by atoms with Gasteiger partial charge < -0.3 is 9.84 Å².